The molecule has 2 N–H and O–H groups in total. The number of nitrogens with one attached hydrogen (secondary N) is 2. The zero-order chi connectivity index (χ0) is 8.53. The summed E-state index contributed by atoms with van der Waals surface area (Å²) in [4.78, 5) is 9.71. The summed E-state index contributed by atoms with van der Waals surface area (Å²) in [6.07, 6.45) is 3.73. The van der Waals surface area contributed by atoms with E-state index in [1.54, 1.807) is 13.0 Å². The van der Waals surface area contributed by atoms with Gasteiger partial charge in [0, 0.05) is 11.2 Å². The maximum atomic E-state index is 9.71. The van der Waals surface area contributed by atoms with Gasteiger partial charge in [0.25, 0.3) is 0 Å². The van der Waals surface area contributed by atoms with E-state index in [4.69, 9.17) is 11.6 Å². The molecule has 62 valence electrons. The molecule has 0 fully saturated rings. The Bertz CT molecular complexity index is 163. The number of allylic oxidation sites excluding steroid dienone is 2. The minimum Gasteiger partial charge on any atom is -0.340 e. The molecular formula is C6H10ClN3O. The van der Waals surface area contributed by atoms with Crippen LogP contribution in [0, 0.1) is 0 Å². The van der Waals surface area contributed by atoms with Crippen LogP contribution < -0.4 is 10.7 Å². The van der Waals surface area contributed by atoms with Crippen molar-refractivity contribution < 1.29 is 4.79 Å². The lowest BCUT2D eigenvalue weighted by Gasteiger charge is -1.94. The standard InChI is InChI=1S/C6H10ClN3O/c1-6(7)2-3-9-10-4-8-5-11/h2-3,5,10H,4H2,1H3,(H,8,11)/b6-2-,9-3+. The van der Waals surface area contributed by atoms with Gasteiger partial charge in [-0.15, -0.1) is 0 Å². The van der Waals surface area contributed by atoms with Crippen LogP contribution in [0.4, 0.5) is 0 Å². The summed E-state index contributed by atoms with van der Waals surface area (Å²) in [5.74, 6) is 0. The molecule has 0 aliphatic heterocycles. The van der Waals surface area contributed by atoms with E-state index in [0.717, 1.165) is 0 Å². The van der Waals surface area contributed by atoms with Gasteiger partial charge < -0.3 is 5.32 Å². The van der Waals surface area contributed by atoms with Crippen LogP contribution >= 0.6 is 11.6 Å². The van der Waals surface area contributed by atoms with Gasteiger partial charge in [-0.1, -0.05) is 11.6 Å². The molecule has 0 aliphatic carbocycles. The van der Waals surface area contributed by atoms with Crippen LogP contribution in [0.25, 0.3) is 0 Å². The predicted octanol–water partition coefficient (Wildman–Crippen LogP) is 0.408. The molecule has 0 atom stereocenters. The first-order valence-corrected chi connectivity index (χ1v) is 3.40. The van der Waals surface area contributed by atoms with Crippen LogP contribution in [0.2, 0.25) is 0 Å². The number of hydrogen-bond acceptors (Lipinski definition) is 3. The quantitative estimate of drug-likeness (QED) is 0.209. The molecule has 0 spiro atoms. The summed E-state index contributed by atoms with van der Waals surface area (Å²) < 4.78 is 0. The van der Waals surface area contributed by atoms with E-state index in [0.29, 0.717) is 18.1 Å². The third-order valence-corrected chi connectivity index (χ3v) is 0.860. The van der Waals surface area contributed by atoms with Gasteiger partial charge in [-0.25, -0.2) is 0 Å². The second-order valence-corrected chi connectivity index (χ2v) is 2.28. The highest BCUT2D eigenvalue weighted by Gasteiger charge is 1.75. The second kappa shape index (κ2) is 7.08. The molecule has 0 rings (SSSR count). The van der Waals surface area contributed by atoms with E-state index in [2.05, 4.69) is 15.8 Å². The van der Waals surface area contributed by atoms with Crippen molar-refractivity contribution in [3.63, 3.8) is 0 Å². The lowest BCUT2D eigenvalue weighted by Crippen LogP contribution is -2.23. The number of rotatable bonds is 5. The number of halogens is 1. The van der Waals surface area contributed by atoms with Gasteiger partial charge in [-0.2, -0.15) is 5.10 Å². The monoisotopic (exact) mass is 175 g/mol. The van der Waals surface area contributed by atoms with Gasteiger partial charge in [0.1, 0.15) is 6.67 Å². The molecule has 0 unspecified atom stereocenters. The van der Waals surface area contributed by atoms with Gasteiger partial charge >= 0.3 is 0 Å². The van der Waals surface area contributed by atoms with Crippen LogP contribution in [-0.4, -0.2) is 19.3 Å². The van der Waals surface area contributed by atoms with Gasteiger partial charge in [0.2, 0.25) is 6.41 Å². The SMILES string of the molecule is C/C(Cl)=C/C=N/NCNC=O. The Morgan fingerprint density at radius 3 is 3.00 bits per heavy atom. The highest BCUT2D eigenvalue weighted by atomic mass is 35.5. The normalized spacial score (nSPS) is 11.6. The summed E-state index contributed by atoms with van der Waals surface area (Å²) >= 11 is 5.49. The fourth-order valence-corrected chi connectivity index (χ4v) is 0.382. The summed E-state index contributed by atoms with van der Waals surface area (Å²) in [5.41, 5.74) is 2.57. The molecule has 4 nitrogen and oxygen atoms in total. The van der Waals surface area contributed by atoms with Crippen LogP contribution in [0.15, 0.2) is 16.2 Å². The number of hydrogen-bond donors (Lipinski definition) is 2. The fourth-order valence-electron chi connectivity index (χ4n) is 0.326. The zero-order valence-corrected chi connectivity index (χ0v) is 6.93. The third-order valence-electron chi connectivity index (χ3n) is 0.734. The van der Waals surface area contributed by atoms with Crippen LogP contribution in [-0.2, 0) is 4.79 Å². The van der Waals surface area contributed by atoms with E-state index in [-0.39, 0.29) is 0 Å². The summed E-state index contributed by atoms with van der Waals surface area (Å²) in [6, 6.07) is 0. The lowest BCUT2D eigenvalue weighted by molar-refractivity contribution is -0.109. The Hall–Kier alpha value is -1.03. The Kier molecular flexibility index (Phi) is 6.42. The van der Waals surface area contributed by atoms with Gasteiger partial charge in [-0.3, -0.25) is 10.2 Å². The first-order valence-electron chi connectivity index (χ1n) is 3.02. The van der Waals surface area contributed by atoms with Crippen molar-refractivity contribution in [1.29, 1.82) is 0 Å². The molecule has 0 aromatic carbocycles. The van der Waals surface area contributed by atoms with Gasteiger partial charge in [0.15, 0.2) is 0 Å². The Labute approximate surface area is 70.3 Å². The largest absolute Gasteiger partial charge is 0.340 e. The van der Waals surface area contributed by atoms with E-state index in [9.17, 15) is 4.79 Å². The highest BCUT2D eigenvalue weighted by Crippen LogP contribution is 1.93. The molecule has 0 aromatic heterocycles. The molecule has 11 heavy (non-hydrogen) atoms. The van der Waals surface area contributed by atoms with Crippen molar-refractivity contribution >= 4 is 24.2 Å². The molecule has 0 bridgehead atoms. The smallest absolute Gasteiger partial charge is 0.208 e. The number of carbonyl (C=O) groups excluding carboxylic acids is 1. The Morgan fingerprint density at radius 2 is 2.45 bits per heavy atom. The molecule has 0 aliphatic rings. The maximum absolute atomic E-state index is 9.71. The summed E-state index contributed by atoms with van der Waals surface area (Å²) in [7, 11) is 0. The van der Waals surface area contributed by atoms with Crippen molar-refractivity contribution in [2.75, 3.05) is 6.67 Å². The minimum absolute atomic E-state index is 0.315. The van der Waals surface area contributed by atoms with Crippen LogP contribution in [0.5, 0.6) is 0 Å². The number of carbonyl (C=O) groups is 1. The van der Waals surface area contributed by atoms with Crippen molar-refractivity contribution in [3.05, 3.63) is 11.1 Å². The predicted molar refractivity (Wildman–Crippen MR) is 45.3 cm³/mol. The fraction of sp³-hybridized carbons (Fsp3) is 0.333. The molecule has 5 heteroatoms. The average Bonchev–Trinajstić information content (AvgIpc) is 1.96. The topological polar surface area (TPSA) is 53.5 Å². The highest BCUT2D eigenvalue weighted by molar-refractivity contribution is 6.30. The average molecular weight is 176 g/mol. The molecule has 0 saturated heterocycles. The molecule has 0 radical (unpaired) electrons. The molecule has 0 saturated carbocycles. The third kappa shape index (κ3) is 8.97. The van der Waals surface area contributed by atoms with Crippen LogP contribution in [0.3, 0.4) is 0 Å². The van der Waals surface area contributed by atoms with Crippen molar-refractivity contribution in [1.82, 2.24) is 10.7 Å². The number of hydrazone groups is 1. The van der Waals surface area contributed by atoms with E-state index < -0.39 is 0 Å². The number of amides is 1. The van der Waals surface area contributed by atoms with E-state index in [1.165, 1.54) is 6.21 Å². The van der Waals surface area contributed by atoms with E-state index >= 15 is 0 Å². The van der Waals surface area contributed by atoms with Crippen molar-refractivity contribution in [3.8, 4) is 0 Å². The molecule has 1 amide bonds. The second-order valence-electron chi connectivity index (χ2n) is 1.69. The molecule has 0 heterocycles. The van der Waals surface area contributed by atoms with Crippen LogP contribution in [0.1, 0.15) is 6.92 Å². The molecule has 0 aromatic rings. The first kappa shape index (κ1) is 9.97. The van der Waals surface area contributed by atoms with Crippen molar-refractivity contribution in [2.45, 2.75) is 6.92 Å². The number of nitrogens with zero attached hydrogens (tertiary/aromatic N) is 1. The van der Waals surface area contributed by atoms with Gasteiger partial charge in [-0.05, 0) is 13.0 Å². The van der Waals surface area contributed by atoms with Gasteiger partial charge in [0.05, 0.1) is 0 Å². The molecular weight excluding hydrogens is 166 g/mol. The maximum Gasteiger partial charge on any atom is 0.208 e. The Morgan fingerprint density at radius 1 is 1.73 bits per heavy atom. The minimum atomic E-state index is 0.315. The lowest BCUT2D eigenvalue weighted by atomic mass is 10.6. The van der Waals surface area contributed by atoms with E-state index in [1.807, 2.05) is 0 Å². The first-order chi connectivity index (χ1) is 5.27. The summed E-state index contributed by atoms with van der Waals surface area (Å²) in [6.45, 7) is 2.06. The van der Waals surface area contributed by atoms with Crippen molar-refractivity contribution in [2.24, 2.45) is 5.10 Å². The Balaban J connectivity index is 3.30. The zero-order valence-electron chi connectivity index (χ0n) is 6.17. The summed E-state index contributed by atoms with van der Waals surface area (Å²) in [5, 5.41) is 6.72.